The molecule has 0 spiro atoms. The van der Waals surface area contributed by atoms with Crippen molar-refractivity contribution in [1.82, 2.24) is 4.31 Å². The van der Waals surface area contributed by atoms with Crippen LogP contribution in [0.1, 0.15) is 35.0 Å². The second kappa shape index (κ2) is 7.38. The summed E-state index contributed by atoms with van der Waals surface area (Å²) in [6, 6.07) is 6.31. The summed E-state index contributed by atoms with van der Waals surface area (Å²) in [6.45, 7) is 4.92. The number of hydrogen-bond donors (Lipinski definition) is 2. The van der Waals surface area contributed by atoms with E-state index in [9.17, 15) is 18.3 Å². The lowest BCUT2D eigenvalue weighted by Gasteiger charge is -2.29. The van der Waals surface area contributed by atoms with E-state index in [2.05, 4.69) is 5.32 Å². The minimum atomic E-state index is -3.58. The van der Waals surface area contributed by atoms with Gasteiger partial charge in [0.15, 0.2) is 0 Å². The molecule has 8 heteroatoms. The van der Waals surface area contributed by atoms with Crippen molar-refractivity contribution in [2.75, 3.05) is 18.4 Å². The molecule has 1 aromatic heterocycles. The summed E-state index contributed by atoms with van der Waals surface area (Å²) in [5, 5.41) is 14.0. The average molecular weight is 395 g/mol. The lowest BCUT2D eigenvalue weighted by molar-refractivity contribution is 0.103. The molecule has 1 saturated heterocycles. The van der Waals surface area contributed by atoms with Crippen LogP contribution in [0, 0.1) is 12.8 Å². The SMILES string of the molecule is Cc1ccc(O)c(NC(=O)c2cc(S(=O)(=O)N3CCC[C@@H](C)C3)cs2)c1. The number of amides is 1. The Morgan fingerprint density at radius 3 is 2.85 bits per heavy atom. The average Bonchev–Trinajstić information content (AvgIpc) is 3.09. The Kier molecular flexibility index (Phi) is 5.36. The van der Waals surface area contributed by atoms with Gasteiger partial charge in [0, 0.05) is 18.5 Å². The number of rotatable bonds is 4. The van der Waals surface area contributed by atoms with Crippen LogP contribution in [-0.2, 0) is 10.0 Å². The summed E-state index contributed by atoms with van der Waals surface area (Å²) in [5.41, 5.74) is 1.20. The summed E-state index contributed by atoms with van der Waals surface area (Å²) in [6.07, 6.45) is 1.88. The molecule has 2 N–H and O–H groups in total. The van der Waals surface area contributed by atoms with Crippen molar-refractivity contribution >= 4 is 33.0 Å². The van der Waals surface area contributed by atoms with Gasteiger partial charge in [-0.15, -0.1) is 11.3 Å². The van der Waals surface area contributed by atoms with E-state index >= 15 is 0 Å². The number of anilines is 1. The van der Waals surface area contributed by atoms with Crippen molar-refractivity contribution in [3.63, 3.8) is 0 Å². The maximum atomic E-state index is 12.8. The Balaban J connectivity index is 1.78. The molecule has 0 unspecified atom stereocenters. The smallest absolute Gasteiger partial charge is 0.265 e. The highest BCUT2D eigenvalue weighted by molar-refractivity contribution is 7.89. The van der Waals surface area contributed by atoms with Crippen LogP contribution < -0.4 is 5.32 Å². The number of carbonyl (C=O) groups excluding carboxylic acids is 1. The third kappa shape index (κ3) is 3.92. The van der Waals surface area contributed by atoms with Crippen LogP contribution >= 0.6 is 11.3 Å². The van der Waals surface area contributed by atoms with Gasteiger partial charge in [-0.25, -0.2) is 8.42 Å². The first-order valence-corrected chi connectivity index (χ1v) is 10.8. The van der Waals surface area contributed by atoms with Crippen molar-refractivity contribution in [2.24, 2.45) is 5.92 Å². The first-order chi connectivity index (χ1) is 12.3. The quantitative estimate of drug-likeness (QED) is 0.778. The summed E-state index contributed by atoms with van der Waals surface area (Å²) >= 11 is 1.08. The standard InChI is InChI=1S/C18H22N2O4S2/c1-12-5-6-16(21)15(8-12)19-18(22)17-9-14(11-25-17)26(23,24)20-7-3-4-13(2)10-20/h5-6,8-9,11,13,21H,3-4,7,10H2,1-2H3,(H,19,22)/t13-/m1/s1. The molecule has 1 aliphatic heterocycles. The largest absolute Gasteiger partial charge is 0.506 e. The molecule has 1 amide bonds. The normalized spacial score (nSPS) is 18.6. The van der Waals surface area contributed by atoms with Crippen LogP contribution in [0.4, 0.5) is 5.69 Å². The number of phenolic OH excluding ortho intramolecular Hbond substituents is 1. The molecule has 6 nitrogen and oxygen atoms in total. The summed E-state index contributed by atoms with van der Waals surface area (Å²) in [5.74, 6) is -0.135. The molecule has 0 bridgehead atoms. The topological polar surface area (TPSA) is 86.7 Å². The second-order valence-electron chi connectivity index (χ2n) is 6.73. The van der Waals surface area contributed by atoms with E-state index in [1.807, 2.05) is 13.8 Å². The zero-order valence-corrected chi connectivity index (χ0v) is 16.4. The maximum absolute atomic E-state index is 12.8. The number of hydrogen-bond acceptors (Lipinski definition) is 5. The molecule has 1 fully saturated rings. The van der Waals surface area contributed by atoms with Gasteiger partial charge >= 0.3 is 0 Å². The molecule has 140 valence electrons. The molecule has 0 saturated carbocycles. The Hall–Kier alpha value is -1.90. The molecule has 2 aromatic rings. The van der Waals surface area contributed by atoms with Gasteiger partial charge in [0.25, 0.3) is 5.91 Å². The van der Waals surface area contributed by atoms with Crippen molar-refractivity contribution < 1.29 is 18.3 Å². The molecule has 0 radical (unpaired) electrons. The molecule has 1 aromatic carbocycles. The highest BCUT2D eigenvalue weighted by Crippen LogP contribution is 2.29. The molecular weight excluding hydrogens is 372 g/mol. The third-order valence-corrected chi connectivity index (χ3v) is 7.38. The lowest BCUT2D eigenvalue weighted by Crippen LogP contribution is -2.38. The van der Waals surface area contributed by atoms with E-state index in [4.69, 9.17) is 0 Å². The number of sulfonamides is 1. The highest BCUT2D eigenvalue weighted by atomic mass is 32.2. The Morgan fingerprint density at radius 2 is 2.12 bits per heavy atom. The Morgan fingerprint density at radius 1 is 1.35 bits per heavy atom. The summed E-state index contributed by atoms with van der Waals surface area (Å²) in [4.78, 5) is 12.9. The zero-order chi connectivity index (χ0) is 18.9. The number of thiophene rings is 1. The van der Waals surface area contributed by atoms with Gasteiger partial charge in [-0.1, -0.05) is 13.0 Å². The zero-order valence-electron chi connectivity index (χ0n) is 14.7. The summed E-state index contributed by atoms with van der Waals surface area (Å²) in [7, 11) is -3.58. The van der Waals surface area contributed by atoms with E-state index in [-0.39, 0.29) is 15.5 Å². The predicted molar refractivity (Wildman–Crippen MR) is 102 cm³/mol. The number of benzene rings is 1. The van der Waals surface area contributed by atoms with Crippen LogP contribution in [0.3, 0.4) is 0 Å². The van der Waals surface area contributed by atoms with E-state index in [1.165, 1.54) is 21.8 Å². The van der Waals surface area contributed by atoms with Gasteiger partial charge in [-0.2, -0.15) is 4.31 Å². The van der Waals surface area contributed by atoms with Gasteiger partial charge in [-0.3, -0.25) is 4.79 Å². The molecule has 3 rings (SSSR count). The molecule has 26 heavy (non-hydrogen) atoms. The van der Waals surface area contributed by atoms with Gasteiger partial charge in [0.1, 0.15) is 5.75 Å². The van der Waals surface area contributed by atoms with Crippen LogP contribution in [0.25, 0.3) is 0 Å². The van der Waals surface area contributed by atoms with Crippen molar-refractivity contribution in [1.29, 1.82) is 0 Å². The highest BCUT2D eigenvalue weighted by Gasteiger charge is 2.30. The number of nitrogens with one attached hydrogen (secondary N) is 1. The number of aromatic hydroxyl groups is 1. The minimum Gasteiger partial charge on any atom is -0.506 e. The molecule has 1 aliphatic rings. The fourth-order valence-corrected chi connectivity index (χ4v) is 5.78. The summed E-state index contributed by atoms with van der Waals surface area (Å²) < 4.78 is 27.1. The predicted octanol–water partition coefficient (Wildman–Crippen LogP) is 3.44. The fraction of sp³-hybridized carbons (Fsp3) is 0.389. The third-order valence-electron chi connectivity index (χ3n) is 4.46. The number of phenols is 1. The van der Waals surface area contributed by atoms with E-state index in [0.29, 0.717) is 24.7 Å². The van der Waals surface area contributed by atoms with E-state index in [0.717, 1.165) is 29.7 Å². The number of nitrogens with zero attached hydrogens (tertiary/aromatic N) is 1. The number of aryl methyl sites for hydroxylation is 1. The first kappa shape index (κ1) is 18.9. The fourth-order valence-electron chi connectivity index (χ4n) is 3.02. The minimum absolute atomic E-state index is 0.0318. The van der Waals surface area contributed by atoms with Gasteiger partial charge < -0.3 is 10.4 Å². The van der Waals surface area contributed by atoms with Gasteiger partial charge in [0.2, 0.25) is 10.0 Å². The first-order valence-electron chi connectivity index (χ1n) is 8.47. The number of piperidine rings is 1. The van der Waals surface area contributed by atoms with Crippen LogP contribution in [0.2, 0.25) is 0 Å². The van der Waals surface area contributed by atoms with Crippen LogP contribution in [0.15, 0.2) is 34.5 Å². The van der Waals surface area contributed by atoms with E-state index < -0.39 is 15.9 Å². The monoisotopic (exact) mass is 394 g/mol. The molecule has 1 atom stereocenters. The number of carbonyl (C=O) groups is 1. The van der Waals surface area contributed by atoms with Crippen LogP contribution in [-0.4, -0.2) is 36.8 Å². The molecule has 2 heterocycles. The maximum Gasteiger partial charge on any atom is 0.265 e. The van der Waals surface area contributed by atoms with Crippen molar-refractivity contribution in [3.8, 4) is 5.75 Å². The van der Waals surface area contributed by atoms with Gasteiger partial charge in [0.05, 0.1) is 15.5 Å². The van der Waals surface area contributed by atoms with Crippen LogP contribution in [0.5, 0.6) is 5.75 Å². The molecular formula is C18H22N2O4S2. The van der Waals surface area contributed by atoms with Crippen molar-refractivity contribution in [2.45, 2.75) is 31.6 Å². The Bertz CT molecular complexity index is 921. The molecule has 0 aliphatic carbocycles. The lowest BCUT2D eigenvalue weighted by atomic mass is 10.0. The van der Waals surface area contributed by atoms with Gasteiger partial charge in [-0.05, 0) is 49.4 Å². The Labute approximate surface area is 157 Å². The van der Waals surface area contributed by atoms with E-state index in [1.54, 1.807) is 12.1 Å². The van der Waals surface area contributed by atoms with Crippen molar-refractivity contribution in [3.05, 3.63) is 40.1 Å². The second-order valence-corrected chi connectivity index (χ2v) is 9.58.